The second kappa shape index (κ2) is 3.54. The Balaban J connectivity index is 2.15. The summed E-state index contributed by atoms with van der Waals surface area (Å²) in [5.41, 5.74) is 0.857. The van der Waals surface area contributed by atoms with E-state index in [0.29, 0.717) is 0 Å². The molecule has 1 aliphatic carbocycles. The molecule has 0 N–H and O–H groups in total. The van der Waals surface area contributed by atoms with Crippen LogP contribution in [0.3, 0.4) is 0 Å². The van der Waals surface area contributed by atoms with Crippen LogP contribution in [-0.4, -0.2) is 6.61 Å². The van der Waals surface area contributed by atoms with Crippen LogP contribution in [0, 0.1) is 12.3 Å². The number of halogens is 2. The Morgan fingerprint density at radius 2 is 1.87 bits per heavy atom. The summed E-state index contributed by atoms with van der Waals surface area (Å²) in [7, 11) is 0. The predicted molar refractivity (Wildman–Crippen MR) is 52.8 cm³/mol. The van der Waals surface area contributed by atoms with Gasteiger partial charge in [-0.1, -0.05) is 18.1 Å². The molecule has 0 amide bonds. The standard InChI is InChI=1S/C12H10F2O/c1-2-12(7-8-12)9-3-5-10(6-4-9)15-11(13)14/h1,3-6,11H,7-8H2. The van der Waals surface area contributed by atoms with E-state index in [1.165, 1.54) is 12.1 Å². The van der Waals surface area contributed by atoms with Gasteiger partial charge in [-0.25, -0.2) is 0 Å². The van der Waals surface area contributed by atoms with Crippen LogP contribution in [0.4, 0.5) is 8.78 Å². The van der Waals surface area contributed by atoms with Gasteiger partial charge in [-0.2, -0.15) is 8.78 Å². The zero-order chi connectivity index (χ0) is 10.9. The molecule has 0 aromatic heterocycles. The molecule has 15 heavy (non-hydrogen) atoms. The largest absolute Gasteiger partial charge is 0.435 e. The summed E-state index contributed by atoms with van der Waals surface area (Å²) in [6.45, 7) is -2.78. The van der Waals surface area contributed by atoms with Crippen molar-refractivity contribution in [3.8, 4) is 18.1 Å². The van der Waals surface area contributed by atoms with Crippen LogP contribution in [0.1, 0.15) is 18.4 Å². The smallest absolute Gasteiger partial charge is 0.387 e. The highest BCUT2D eigenvalue weighted by molar-refractivity contribution is 5.42. The summed E-state index contributed by atoms with van der Waals surface area (Å²) in [6.07, 6.45) is 7.36. The molecule has 1 aliphatic rings. The molecule has 1 aromatic carbocycles. The third-order valence-corrected chi connectivity index (χ3v) is 2.66. The van der Waals surface area contributed by atoms with Gasteiger partial charge in [0.05, 0.1) is 5.41 Å². The quantitative estimate of drug-likeness (QED) is 0.694. The third kappa shape index (κ3) is 1.94. The molecule has 0 spiro atoms. The summed E-state index contributed by atoms with van der Waals surface area (Å²) >= 11 is 0. The second-order valence-corrected chi connectivity index (χ2v) is 3.63. The van der Waals surface area contributed by atoms with Crippen molar-refractivity contribution in [2.75, 3.05) is 0 Å². The normalized spacial score (nSPS) is 17.2. The fraction of sp³-hybridized carbons (Fsp3) is 0.333. The molecule has 0 heterocycles. The fourth-order valence-electron chi connectivity index (χ4n) is 1.60. The van der Waals surface area contributed by atoms with E-state index in [1.54, 1.807) is 12.1 Å². The number of benzene rings is 1. The Kier molecular flexibility index (Phi) is 2.36. The maximum Gasteiger partial charge on any atom is 0.387 e. The Hall–Kier alpha value is -1.56. The van der Waals surface area contributed by atoms with Crippen LogP contribution in [0.2, 0.25) is 0 Å². The fourth-order valence-corrected chi connectivity index (χ4v) is 1.60. The average Bonchev–Trinajstić information content (AvgIpc) is 2.99. The lowest BCUT2D eigenvalue weighted by Crippen LogP contribution is -2.04. The lowest BCUT2D eigenvalue weighted by atomic mass is 9.97. The number of terminal acetylenes is 1. The molecule has 0 unspecified atom stereocenters. The van der Waals surface area contributed by atoms with Crippen molar-refractivity contribution >= 4 is 0 Å². The summed E-state index contributed by atoms with van der Waals surface area (Å²) in [5, 5.41) is 0. The zero-order valence-corrected chi connectivity index (χ0v) is 8.04. The zero-order valence-electron chi connectivity index (χ0n) is 8.04. The lowest BCUT2D eigenvalue weighted by molar-refractivity contribution is -0.0498. The second-order valence-electron chi connectivity index (χ2n) is 3.63. The van der Waals surface area contributed by atoms with Crippen molar-refractivity contribution in [2.24, 2.45) is 0 Å². The minimum absolute atomic E-state index is 0.149. The van der Waals surface area contributed by atoms with E-state index in [1.807, 2.05) is 0 Å². The van der Waals surface area contributed by atoms with Crippen LogP contribution in [0.5, 0.6) is 5.75 Å². The van der Waals surface area contributed by atoms with Gasteiger partial charge in [0.2, 0.25) is 0 Å². The SMILES string of the molecule is C#CC1(c2ccc(OC(F)F)cc2)CC1. The summed E-state index contributed by atoms with van der Waals surface area (Å²) in [5.74, 6) is 2.91. The minimum Gasteiger partial charge on any atom is -0.435 e. The average molecular weight is 208 g/mol. The Bertz CT molecular complexity index is 385. The molecule has 1 nitrogen and oxygen atoms in total. The molecule has 1 aromatic rings. The highest BCUT2D eigenvalue weighted by atomic mass is 19.3. The monoisotopic (exact) mass is 208 g/mol. The first kappa shape index (κ1) is 9.97. The van der Waals surface area contributed by atoms with Gasteiger partial charge in [0, 0.05) is 0 Å². The third-order valence-electron chi connectivity index (χ3n) is 2.66. The van der Waals surface area contributed by atoms with Crippen molar-refractivity contribution < 1.29 is 13.5 Å². The molecule has 78 valence electrons. The summed E-state index contributed by atoms with van der Waals surface area (Å²) in [6, 6.07) is 6.56. The van der Waals surface area contributed by atoms with Crippen LogP contribution in [-0.2, 0) is 5.41 Å². The molecular formula is C12H10F2O. The van der Waals surface area contributed by atoms with Crippen molar-refractivity contribution in [3.63, 3.8) is 0 Å². The van der Waals surface area contributed by atoms with Crippen LogP contribution >= 0.6 is 0 Å². The van der Waals surface area contributed by atoms with Crippen molar-refractivity contribution in [1.29, 1.82) is 0 Å². The van der Waals surface area contributed by atoms with Crippen LogP contribution in [0.25, 0.3) is 0 Å². The molecular weight excluding hydrogens is 198 g/mol. The summed E-state index contributed by atoms with van der Waals surface area (Å²) < 4.78 is 28.0. The van der Waals surface area contributed by atoms with E-state index in [9.17, 15) is 8.78 Å². The van der Waals surface area contributed by atoms with E-state index >= 15 is 0 Å². The van der Waals surface area contributed by atoms with Crippen LogP contribution < -0.4 is 4.74 Å². The van der Waals surface area contributed by atoms with E-state index in [4.69, 9.17) is 6.42 Å². The van der Waals surface area contributed by atoms with Crippen molar-refractivity contribution in [3.05, 3.63) is 29.8 Å². The maximum atomic E-state index is 11.9. The Morgan fingerprint density at radius 1 is 1.27 bits per heavy atom. The first-order chi connectivity index (χ1) is 7.16. The molecule has 1 fully saturated rings. The number of rotatable bonds is 3. The first-order valence-corrected chi connectivity index (χ1v) is 4.69. The number of hydrogen-bond acceptors (Lipinski definition) is 1. The van der Waals surface area contributed by atoms with E-state index in [2.05, 4.69) is 10.7 Å². The van der Waals surface area contributed by atoms with Gasteiger partial charge in [0.25, 0.3) is 0 Å². The van der Waals surface area contributed by atoms with Crippen molar-refractivity contribution in [1.82, 2.24) is 0 Å². The number of hydrogen-bond donors (Lipinski definition) is 0. The highest BCUT2D eigenvalue weighted by Gasteiger charge is 2.42. The number of alkyl halides is 2. The molecule has 0 bridgehead atoms. The lowest BCUT2D eigenvalue weighted by Gasteiger charge is -2.09. The van der Waals surface area contributed by atoms with Gasteiger partial charge >= 0.3 is 6.61 Å². The van der Waals surface area contributed by atoms with Gasteiger partial charge in [-0.3, -0.25) is 0 Å². The minimum atomic E-state index is -2.78. The molecule has 0 atom stereocenters. The van der Waals surface area contributed by atoms with E-state index in [0.717, 1.165) is 18.4 Å². The molecule has 0 aliphatic heterocycles. The predicted octanol–water partition coefficient (Wildman–Crippen LogP) is 2.95. The van der Waals surface area contributed by atoms with Gasteiger partial charge in [-0.05, 0) is 30.5 Å². The van der Waals surface area contributed by atoms with Gasteiger partial charge in [0.1, 0.15) is 5.75 Å². The highest BCUT2D eigenvalue weighted by Crippen LogP contribution is 2.47. The van der Waals surface area contributed by atoms with E-state index < -0.39 is 6.61 Å². The molecule has 2 rings (SSSR count). The van der Waals surface area contributed by atoms with Gasteiger partial charge in [0.15, 0.2) is 0 Å². The molecule has 1 saturated carbocycles. The maximum absolute atomic E-state index is 11.9. The van der Waals surface area contributed by atoms with Crippen molar-refractivity contribution in [2.45, 2.75) is 24.9 Å². The van der Waals surface area contributed by atoms with E-state index in [-0.39, 0.29) is 11.2 Å². The number of ether oxygens (including phenoxy) is 1. The summed E-state index contributed by atoms with van der Waals surface area (Å²) in [4.78, 5) is 0. The molecule has 0 saturated heterocycles. The van der Waals surface area contributed by atoms with Crippen LogP contribution in [0.15, 0.2) is 24.3 Å². The molecule has 3 heteroatoms. The first-order valence-electron chi connectivity index (χ1n) is 4.69. The van der Waals surface area contributed by atoms with Gasteiger partial charge in [-0.15, -0.1) is 6.42 Å². The Labute approximate surface area is 87.1 Å². The van der Waals surface area contributed by atoms with Gasteiger partial charge < -0.3 is 4.74 Å². The molecule has 0 radical (unpaired) electrons. The Morgan fingerprint density at radius 3 is 2.27 bits per heavy atom. The topological polar surface area (TPSA) is 9.23 Å².